The van der Waals surface area contributed by atoms with Crippen LogP contribution in [0.1, 0.15) is 21.6 Å². The molecule has 4 nitrogen and oxygen atoms in total. The summed E-state index contributed by atoms with van der Waals surface area (Å²) in [6.45, 7) is 1.02. The smallest absolute Gasteiger partial charge is 0.270 e. The van der Waals surface area contributed by atoms with Gasteiger partial charge in [-0.05, 0) is 35.7 Å². The molecule has 2 aromatic carbocycles. The number of hydrogen-bond acceptors (Lipinski definition) is 3. The number of rotatable bonds is 7. The van der Waals surface area contributed by atoms with Crippen LogP contribution in [0.3, 0.4) is 0 Å². The van der Waals surface area contributed by atoms with E-state index in [1.165, 1.54) is 6.07 Å². The molecular formula is C21H20FN3O. The van der Waals surface area contributed by atoms with E-state index >= 15 is 0 Å². The van der Waals surface area contributed by atoms with E-state index in [0.717, 1.165) is 11.3 Å². The van der Waals surface area contributed by atoms with Gasteiger partial charge in [0.15, 0.2) is 0 Å². The van der Waals surface area contributed by atoms with Gasteiger partial charge in [0, 0.05) is 25.0 Å². The van der Waals surface area contributed by atoms with Gasteiger partial charge in [-0.2, -0.15) is 0 Å². The number of anilines is 1. The number of nitrogens with one attached hydrogen (secondary N) is 2. The maximum absolute atomic E-state index is 13.6. The van der Waals surface area contributed by atoms with E-state index < -0.39 is 0 Å². The van der Waals surface area contributed by atoms with Gasteiger partial charge in [-0.1, -0.05) is 48.5 Å². The summed E-state index contributed by atoms with van der Waals surface area (Å²) >= 11 is 0. The van der Waals surface area contributed by atoms with Crippen LogP contribution in [0.15, 0.2) is 72.9 Å². The molecule has 1 heterocycles. The third-order valence-electron chi connectivity index (χ3n) is 3.97. The normalized spacial score (nSPS) is 10.3. The van der Waals surface area contributed by atoms with Gasteiger partial charge in [0.25, 0.3) is 5.91 Å². The van der Waals surface area contributed by atoms with Crippen molar-refractivity contribution in [1.82, 2.24) is 10.3 Å². The molecule has 0 radical (unpaired) electrons. The standard InChI is InChI=1S/C21H20FN3O/c22-19-9-5-4-8-17(19)10-12-23-18-11-13-24-20(14-18)21(26)25-15-16-6-2-1-3-7-16/h1-9,11,13-14H,10,12,15H2,(H,23,24)(H,25,26). The Hall–Kier alpha value is -3.21. The first kappa shape index (κ1) is 17.6. The zero-order chi connectivity index (χ0) is 18.2. The SMILES string of the molecule is O=C(NCc1ccccc1)c1cc(NCCc2ccccc2F)ccn1. The van der Waals surface area contributed by atoms with Crippen molar-refractivity contribution in [2.75, 3.05) is 11.9 Å². The summed E-state index contributed by atoms with van der Waals surface area (Å²) in [5, 5.41) is 6.06. The molecule has 1 amide bonds. The molecule has 1 aromatic heterocycles. The first-order chi connectivity index (χ1) is 12.7. The second kappa shape index (κ2) is 8.76. The minimum absolute atomic E-state index is 0.204. The van der Waals surface area contributed by atoms with Gasteiger partial charge in [-0.15, -0.1) is 0 Å². The number of hydrogen-bond donors (Lipinski definition) is 2. The average Bonchev–Trinajstić information content (AvgIpc) is 2.69. The Morgan fingerprint density at radius 2 is 1.77 bits per heavy atom. The molecule has 0 unspecified atom stereocenters. The Kier molecular flexibility index (Phi) is 5.93. The molecule has 26 heavy (non-hydrogen) atoms. The van der Waals surface area contributed by atoms with Crippen LogP contribution in [0.25, 0.3) is 0 Å². The average molecular weight is 349 g/mol. The molecule has 2 N–H and O–H groups in total. The van der Waals surface area contributed by atoms with Crippen molar-refractivity contribution in [3.05, 3.63) is 95.6 Å². The van der Waals surface area contributed by atoms with Gasteiger partial charge in [-0.25, -0.2) is 4.39 Å². The second-order valence-electron chi connectivity index (χ2n) is 5.87. The summed E-state index contributed by atoms with van der Waals surface area (Å²) in [5.74, 6) is -0.434. The van der Waals surface area contributed by atoms with Gasteiger partial charge in [0.2, 0.25) is 0 Å². The van der Waals surface area contributed by atoms with Gasteiger partial charge >= 0.3 is 0 Å². The first-order valence-electron chi connectivity index (χ1n) is 8.48. The summed E-state index contributed by atoms with van der Waals surface area (Å²) in [7, 11) is 0. The van der Waals surface area contributed by atoms with E-state index in [1.807, 2.05) is 36.4 Å². The van der Waals surface area contributed by atoms with Crippen molar-refractivity contribution in [2.45, 2.75) is 13.0 Å². The highest BCUT2D eigenvalue weighted by molar-refractivity contribution is 5.93. The van der Waals surface area contributed by atoms with E-state index in [1.54, 1.807) is 30.5 Å². The number of carbonyl (C=O) groups is 1. The van der Waals surface area contributed by atoms with Gasteiger partial charge in [-0.3, -0.25) is 9.78 Å². The topological polar surface area (TPSA) is 54.0 Å². The van der Waals surface area contributed by atoms with Crippen molar-refractivity contribution in [3.8, 4) is 0 Å². The molecule has 0 aliphatic carbocycles. The first-order valence-corrected chi connectivity index (χ1v) is 8.48. The van der Waals surface area contributed by atoms with Crippen LogP contribution < -0.4 is 10.6 Å². The fourth-order valence-corrected chi connectivity index (χ4v) is 2.58. The lowest BCUT2D eigenvalue weighted by atomic mass is 10.1. The van der Waals surface area contributed by atoms with Crippen LogP contribution in [0.2, 0.25) is 0 Å². The summed E-state index contributed by atoms with van der Waals surface area (Å²) in [4.78, 5) is 16.4. The molecule has 0 bridgehead atoms. The quantitative estimate of drug-likeness (QED) is 0.682. The van der Waals surface area contributed by atoms with Gasteiger partial charge in [0.1, 0.15) is 11.5 Å². The van der Waals surface area contributed by atoms with Gasteiger partial charge < -0.3 is 10.6 Å². The molecule has 0 aliphatic heterocycles. The molecule has 0 saturated heterocycles. The van der Waals surface area contributed by atoms with Crippen LogP contribution >= 0.6 is 0 Å². The molecule has 5 heteroatoms. The molecule has 0 saturated carbocycles. The second-order valence-corrected chi connectivity index (χ2v) is 5.87. The Labute approximate surface area is 152 Å². The Morgan fingerprint density at radius 3 is 2.58 bits per heavy atom. The molecular weight excluding hydrogens is 329 g/mol. The predicted octanol–water partition coefficient (Wildman–Crippen LogP) is 3.81. The zero-order valence-corrected chi connectivity index (χ0v) is 14.3. The number of carbonyl (C=O) groups excluding carboxylic acids is 1. The number of amides is 1. The maximum atomic E-state index is 13.6. The number of pyridine rings is 1. The molecule has 0 atom stereocenters. The molecule has 3 rings (SSSR count). The number of nitrogens with zero attached hydrogens (tertiary/aromatic N) is 1. The van der Waals surface area contributed by atoms with Crippen molar-refractivity contribution >= 4 is 11.6 Å². The highest BCUT2D eigenvalue weighted by Gasteiger charge is 2.08. The summed E-state index contributed by atoms with van der Waals surface area (Å²) in [6, 6.07) is 19.9. The Bertz CT molecular complexity index is 868. The van der Waals surface area contributed by atoms with E-state index in [9.17, 15) is 9.18 Å². The van der Waals surface area contributed by atoms with E-state index in [0.29, 0.717) is 30.8 Å². The lowest BCUT2D eigenvalue weighted by Gasteiger charge is -2.09. The lowest BCUT2D eigenvalue weighted by molar-refractivity contribution is 0.0946. The largest absolute Gasteiger partial charge is 0.385 e. The highest BCUT2D eigenvalue weighted by Crippen LogP contribution is 2.11. The van der Waals surface area contributed by atoms with Crippen molar-refractivity contribution in [1.29, 1.82) is 0 Å². The van der Waals surface area contributed by atoms with Crippen LogP contribution in [-0.2, 0) is 13.0 Å². The predicted molar refractivity (Wildman–Crippen MR) is 100 cm³/mol. The van der Waals surface area contributed by atoms with E-state index in [4.69, 9.17) is 0 Å². The summed E-state index contributed by atoms with van der Waals surface area (Å²) in [6.07, 6.45) is 2.15. The summed E-state index contributed by atoms with van der Waals surface area (Å²) in [5.41, 5.74) is 2.81. The molecule has 132 valence electrons. The molecule has 3 aromatic rings. The fraction of sp³-hybridized carbons (Fsp3) is 0.143. The fourth-order valence-electron chi connectivity index (χ4n) is 2.58. The molecule has 0 aliphatic rings. The third-order valence-corrected chi connectivity index (χ3v) is 3.97. The number of benzene rings is 2. The van der Waals surface area contributed by atoms with E-state index in [2.05, 4.69) is 15.6 Å². The zero-order valence-electron chi connectivity index (χ0n) is 14.3. The molecule has 0 fully saturated rings. The number of halogens is 1. The molecule has 0 spiro atoms. The highest BCUT2D eigenvalue weighted by atomic mass is 19.1. The van der Waals surface area contributed by atoms with Crippen molar-refractivity contribution in [3.63, 3.8) is 0 Å². The lowest BCUT2D eigenvalue weighted by Crippen LogP contribution is -2.23. The Morgan fingerprint density at radius 1 is 1.00 bits per heavy atom. The van der Waals surface area contributed by atoms with Crippen molar-refractivity contribution < 1.29 is 9.18 Å². The minimum atomic E-state index is -0.230. The Balaban J connectivity index is 1.54. The van der Waals surface area contributed by atoms with Crippen LogP contribution in [0.5, 0.6) is 0 Å². The number of aromatic nitrogens is 1. The monoisotopic (exact) mass is 349 g/mol. The van der Waals surface area contributed by atoms with Crippen LogP contribution in [0.4, 0.5) is 10.1 Å². The summed E-state index contributed by atoms with van der Waals surface area (Å²) < 4.78 is 13.6. The van der Waals surface area contributed by atoms with Crippen LogP contribution in [-0.4, -0.2) is 17.4 Å². The van der Waals surface area contributed by atoms with Crippen molar-refractivity contribution in [2.24, 2.45) is 0 Å². The maximum Gasteiger partial charge on any atom is 0.270 e. The van der Waals surface area contributed by atoms with E-state index in [-0.39, 0.29) is 11.7 Å². The third kappa shape index (κ3) is 4.89. The van der Waals surface area contributed by atoms with Crippen LogP contribution in [0, 0.1) is 5.82 Å². The minimum Gasteiger partial charge on any atom is -0.385 e. The van der Waals surface area contributed by atoms with Gasteiger partial charge in [0.05, 0.1) is 0 Å².